The second kappa shape index (κ2) is 7.33. The van der Waals surface area contributed by atoms with Crippen LogP contribution < -0.4 is 0 Å². The molecule has 5 heteroatoms. The van der Waals surface area contributed by atoms with Crippen LogP contribution in [0.4, 0.5) is 0 Å². The summed E-state index contributed by atoms with van der Waals surface area (Å²) in [6, 6.07) is 22.5. The number of carboxylic acids is 1. The summed E-state index contributed by atoms with van der Waals surface area (Å²) in [5.74, 6) is -0.951. The molecule has 1 N–H and O–H groups in total. The summed E-state index contributed by atoms with van der Waals surface area (Å²) in [5.41, 5.74) is 6.16. The van der Waals surface area contributed by atoms with Crippen LogP contribution >= 0.6 is 11.6 Å². The topological polar surface area (TPSA) is 55.1 Å². The zero-order chi connectivity index (χ0) is 19.7. The molecule has 1 heterocycles. The van der Waals surface area contributed by atoms with Crippen molar-refractivity contribution >= 4 is 17.6 Å². The van der Waals surface area contributed by atoms with Crippen LogP contribution in [0.25, 0.3) is 28.1 Å². The maximum Gasteiger partial charge on any atom is 0.335 e. The van der Waals surface area contributed by atoms with Gasteiger partial charge in [-0.15, -0.1) is 0 Å². The Balaban J connectivity index is 1.93. The second-order valence-electron chi connectivity index (χ2n) is 6.49. The van der Waals surface area contributed by atoms with Crippen molar-refractivity contribution in [2.24, 2.45) is 0 Å². The Morgan fingerprint density at radius 1 is 0.929 bits per heavy atom. The van der Waals surface area contributed by atoms with Gasteiger partial charge < -0.3 is 5.11 Å². The lowest BCUT2D eigenvalue weighted by Crippen LogP contribution is -2.02. The summed E-state index contributed by atoms with van der Waals surface area (Å²) in [6.45, 7) is 2.06. The van der Waals surface area contributed by atoms with Gasteiger partial charge in [0.15, 0.2) is 0 Å². The molecule has 0 fully saturated rings. The van der Waals surface area contributed by atoms with Crippen LogP contribution in [-0.2, 0) is 0 Å². The molecule has 0 amide bonds. The maximum absolute atomic E-state index is 11.2. The van der Waals surface area contributed by atoms with Crippen molar-refractivity contribution in [3.8, 4) is 28.1 Å². The Hall–Kier alpha value is -3.37. The van der Waals surface area contributed by atoms with Crippen molar-refractivity contribution in [1.82, 2.24) is 9.78 Å². The van der Waals surface area contributed by atoms with Crippen LogP contribution in [0.2, 0.25) is 5.02 Å². The van der Waals surface area contributed by atoms with Gasteiger partial charge in [0, 0.05) is 16.1 Å². The lowest BCUT2D eigenvalue weighted by molar-refractivity contribution is 0.0697. The van der Waals surface area contributed by atoms with Crippen molar-refractivity contribution in [3.63, 3.8) is 0 Å². The van der Waals surface area contributed by atoms with Crippen LogP contribution in [-0.4, -0.2) is 20.9 Å². The molecule has 0 radical (unpaired) electrons. The molecular weight excluding hydrogens is 372 g/mol. The Morgan fingerprint density at radius 2 is 1.61 bits per heavy atom. The minimum Gasteiger partial charge on any atom is -0.478 e. The minimum atomic E-state index is -0.951. The first-order valence-electron chi connectivity index (χ1n) is 8.78. The highest BCUT2D eigenvalue weighted by molar-refractivity contribution is 6.30. The van der Waals surface area contributed by atoms with E-state index in [1.165, 1.54) is 0 Å². The fraction of sp³-hybridized carbons (Fsp3) is 0.0435. The molecule has 0 aliphatic heterocycles. The molecule has 0 aliphatic carbocycles. The van der Waals surface area contributed by atoms with Gasteiger partial charge in [-0.3, -0.25) is 0 Å². The molecule has 138 valence electrons. The molecular formula is C23H17ClN2O2. The number of carbonyl (C=O) groups is 1. The van der Waals surface area contributed by atoms with E-state index in [1.807, 2.05) is 47.3 Å². The zero-order valence-electron chi connectivity index (χ0n) is 15.1. The molecule has 4 nitrogen and oxygen atoms in total. The van der Waals surface area contributed by atoms with Crippen LogP contribution in [0, 0.1) is 6.92 Å². The van der Waals surface area contributed by atoms with E-state index in [0.717, 1.165) is 33.6 Å². The standard InChI is InChI=1S/C23H17ClN2O2/c1-15-4-2-3-5-20(15)22-21(16-6-10-18(24)11-7-16)14-25-26(22)19-12-8-17(9-13-19)23(27)28/h2-14H,1H3,(H,27,28). The van der Waals surface area contributed by atoms with E-state index in [1.54, 1.807) is 24.3 Å². The number of nitrogens with zero attached hydrogens (tertiary/aromatic N) is 2. The highest BCUT2D eigenvalue weighted by Crippen LogP contribution is 2.36. The Morgan fingerprint density at radius 3 is 2.25 bits per heavy atom. The second-order valence-corrected chi connectivity index (χ2v) is 6.93. The quantitative estimate of drug-likeness (QED) is 0.476. The smallest absolute Gasteiger partial charge is 0.335 e. The third kappa shape index (κ3) is 3.30. The van der Waals surface area contributed by atoms with Gasteiger partial charge in [0.25, 0.3) is 0 Å². The monoisotopic (exact) mass is 388 g/mol. The van der Waals surface area contributed by atoms with E-state index in [-0.39, 0.29) is 5.56 Å². The van der Waals surface area contributed by atoms with Crippen LogP contribution in [0.5, 0.6) is 0 Å². The summed E-state index contributed by atoms with van der Waals surface area (Å²) in [7, 11) is 0. The highest BCUT2D eigenvalue weighted by atomic mass is 35.5. The maximum atomic E-state index is 11.2. The first-order valence-corrected chi connectivity index (χ1v) is 9.16. The van der Waals surface area contributed by atoms with E-state index in [4.69, 9.17) is 16.7 Å². The molecule has 0 aliphatic rings. The number of hydrogen-bond donors (Lipinski definition) is 1. The molecule has 4 rings (SSSR count). The molecule has 3 aromatic carbocycles. The molecule has 0 saturated carbocycles. The minimum absolute atomic E-state index is 0.242. The summed E-state index contributed by atoms with van der Waals surface area (Å²) in [5, 5.41) is 14.4. The number of rotatable bonds is 4. The molecule has 4 aromatic rings. The van der Waals surface area contributed by atoms with E-state index >= 15 is 0 Å². The van der Waals surface area contributed by atoms with E-state index in [0.29, 0.717) is 5.02 Å². The fourth-order valence-corrected chi connectivity index (χ4v) is 3.35. The van der Waals surface area contributed by atoms with Crippen molar-refractivity contribution in [2.75, 3.05) is 0 Å². The Labute approximate surface area is 167 Å². The summed E-state index contributed by atoms with van der Waals surface area (Å²) >= 11 is 6.05. The normalized spacial score (nSPS) is 10.8. The van der Waals surface area contributed by atoms with Gasteiger partial charge in [0.1, 0.15) is 0 Å². The van der Waals surface area contributed by atoms with Gasteiger partial charge >= 0.3 is 5.97 Å². The van der Waals surface area contributed by atoms with Gasteiger partial charge in [-0.25, -0.2) is 9.48 Å². The van der Waals surface area contributed by atoms with Crippen molar-refractivity contribution in [1.29, 1.82) is 0 Å². The lowest BCUT2D eigenvalue weighted by atomic mass is 9.98. The van der Waals surface area contributed by atoms with Gasteiger partial charge in [0.05, 0.1) is 23.1 Å². The highest BCUT2D eigenvalue weighted by Gasteiger charge is 2.17. The molecule has 0 spiro atoms. The fourth-order valence-electron chi connectivity index (χ4n) is 3.23. The van der Waals surface area contributed by atoms with E-state index in [9.17, 15) is 4.79 Å². The Bertz CT molecular complexity index is 1150. The number of aromatic nitrogens is 2. The van der Waals surface area contributed by atoms with Crippen LogP contribution in [0.1, 0.15) is 15.9 Å². The van der Waals surface area contributed by atoms with E-state index in [2.05, 4.69) is 24.2 Å². The molecule has 0 atom stereocenters. The third-order valence-electron chi connectivity index (χ3n) is 4.68. The molecule has 28 heavy (non-hydrogen) atoms. The molecule has 0 bridgehead atoms. The molecule has 0 saturated heterocycles. The van der Waals surface area contributed by atoms with E-state index < -0.39 is 5.97 Å². The first kappa shape index (κ1) is 18.0. The van der Waals surface area contributed by atoms with Gasteiger partial charge in [-0.1, -0.05) is 48.0 Å². The van der Waals surface area contributed by atoms with Gasteiger partial charge in [0.2, 0.25) is 0 Å². The number of benzene rings is 3. The molecule has 1 aromatic heterocycles. The number of aryl methyl sites for hydroxylation is 1. The molecule has 0 unspecified atom stereocenters. The summed E-state index contributed by atoms with van der Waals surface area (Å²) < 4.78 is 1.85. The first-order chi connectivity index (χ1) is 13.5. The number of hydrogen-bond acceptors (Lipinski definition) is 2. The Kier molecular flexibility index (Phi) is 4.72. The third-order valence-corrected chi connectivity index (χ3v) is 4.94. The lowest BCUT2D eigenvalue weighted by Gasteiger charge is -2.13. The average molecular weight is 389 g/mol. The SMILES string of the molecule is Cc1ccccc1-c1c(-c2ccc(Cl)cc2)cnn1-c1ccc(C(=O)O)cc1. The van der Waals surface area contributed by atoms with Gasteiger partial charge in [-0.05, 0) is 54.4 Å². The van der Waals surface area contributed by atoms with Crippen LogP contribution in [0.15, 0.2) is 79.0 Å². The van der Waals surface area contributed by atoms with Crippen molar-refractivity contribution in [3.05, 3.63) is 95.1 Å². The van der Waals surface area contributed by atoms with Crippen molar-refractivity contribution in [2.45, 2.75) is 6.92 Å². The average Bonchev–Trinajstić information content (AvgIpc) is 3.14. The van der Waals surface area contributed by atoms with Gasteiger partial charge in [-0.2, -0.15) is 5.10 Å². The van der Waals surface area contributed by atoms with Crippen molar-refractivity contribution < 1.29 is 9.90 Å². The predicted octanol–water partition coefficient (Wildman–Crippen LogP) is 5.87. The number of carboxylic acid groups (broad SMARTS) is 1. The number of halogens is 1. The van der Waals surface area contributed by atoms with Crippen LogP contribution in [0.3, 0.4) is 0 Å². The predicted molar refractivity (Wildman–Crippen MR) is 111 cm³/mol. The summed E-state index contributed by atoms with van der Waals surface area (Å²) in [6.07, 6.45) is 1.83. The summed E-state index contributed by atoms with van der Waals surface area (Å²) in [4.78, 5) is 11.2. The number of aromatic carboxylic acids is 1. The zero-order valence-corrected chi connectivity index (χ0v) is 15.9. The largest absolute Gasteiger partial charge is 0.478 e.